The van der Waals surface area contributed by atoms with Crippen molar-refractivity contribution in [1.29, 1.82) is 0 Å². The summed E-state index contributed by atoms with van der Waals surface area (Å²) in [4.78, 5) is 7.23. The lowest BCUT2D eigenvalue weighted by molar-refractivity contribution is -0.0603. The summed E-state index contributed by atoms with van der Waals surface area (Å²) in [6.07, 6.45) is 7.80. The third-order valence-corrected chi connectivity index (χ3v) is 6.87. The van der Waals surface area contributed by atoms with Gasteiger partial charge >= 0.3 is 0 Å². The van der Waals surface area contributed by atoms with E-state index in [0.29, 0.717) is 12.1 Å². The van der Waals surface area contributed by atoms with Crippen LogP contribution in [0, 0.1) is 0 Å². The van der Waals surface area contributed by atoms with Gasteiger partial charge in [0.15, 0.2) is 0 Å². The Hall–Kier alpha value is -2.63. The monoisotopic (exact) mass is 403 g/mol. The first-order chi connectivity index (χ1) is 14.6. The molecule has 0 amide bonds. The SMILES string of the molecule is COc1ccc(C2(O)CC3CCC(C2)N3Cc2nccn2Cc2ccccc2)cc1. The molecule has 2 atom stereocenters. The van der Waals surface area contributed by atoms with Crippen molar-refractivity contribution in [1.82, 2.24) is 14.5 Å². The van der Waals surface area contributed by atoms with E-state index in [1.165, 1.54) is 5.56 Å². The molecule has 2 saturated heterocycles. The predicted molar refractivity (Wildman–Crippen MR) is 116 cm³/mol. The van der Waals surface area contributed by atoms with E-state index >= 15 is 0 Å². The van der Waals surface area contributed by atoms with Crippen LogP contribution in [0.15, 0.2) is 67.0 Å². The van der Waals surface area contributed by atoms with Crippen LogP contribution in [0.1, 0.15) is 42.6 Å². The largest absolute Gasteiger partial charge is 0.497 e. The minimum Gasteiger partial charge on any atom is -0.497 e. The highest BCUT2D eigenvalue weighted by Gasteiger charge is 2.48. The first-order valence-corrected chi connectivity index (χ1v) is 10.8. The second-order valence-electron chi connectivity index (χ2n) is 8.68. The lowest BCUT2D eigenvalue weighted by atomic mass is 9.80. The van der Waals surface area contributed by atoms with E-state index in [4.69, 9.17) is 4.74 Å². The Morgan fingerprint density at radius 1 is 1.00 bits per heavy atom. The second kappa shape index (κ2) is 7.89. The van der Waals surface area contributed by atoms with Crippen LogP contribution in [-0.4, -0.2) is 38.8 Å². The van der Waals surface area contributed by atoms with Gasteiger partial charge < -0.3 is 14.4 Å². The summed E-state index contributed by atoms with van der Waals surface area (Å²) < 4.78 is 7.52. The molecule has 3 heterocycles. The van der Waals surface area contributed by atoms with Crippen molar-refractivity contribution in [2.75, 3.05) is 7.11 Å². The zero-order chi connectivity index (χ0) is 20.6. The Morgan fingerprint density at radius 3 is 2.37 bits per heavy atom. The molecule has 2 bridgehead atoms. The summed E-state index contributed by atoms with van der Waals surface area (Å²) >= 11 is 0. The van der Waals surface area contributed by atoms with Crippen LogP contribution in [0.4, 0.5) is 0 Å². The maximum absolute atomic E-state index is 11.5. The molecule has 0 aliphatic carbocycles. The quantitative estimate of drug-likeness (QED) is 0.677. The van der Waals surface area contributed by atoms with Gasteiger partial charge in [-0.05, 0) is 48.9 Å². The summed E-state index contributed by atoms with van der Waals surface area (Å²) in [5.74, 6) is 1.93. The van der Waals surface area contributed by atoms with Crippen molar-refractivity contribution in [2.24, 2.45) is 0 Å². The van der Waals surface area contributed by atoms with Crippen LogP contribution in [0.2, 0.25) is 0 Å². The van der Waals surface area contributed by atoms with Crippen molar-refractivity contribution < 1.29 is 9.84 Å². The number of piperidine rings is 1. The third-order valence-electron chi connectivity index (χ3n) is 6.87. The molecule has 3 aromatic rings. The second-order valence-corrected chi connectivity index (χ2v) is 8.68. The highest BCUT2D eigenvalue weighted by atomic mass is 16.5. The molecule has 1 N–H and O–H groups in total. The highest BCUT2D eigenvalue weighted by molar-refractivity contribution is 5.32. The van der Waals surface area contributed by atoms with Gasteiger partial charge in [-0.1, -0.05) is 42.5 Å². The van der Waals surface area contributed by atoms with Crippen molar-refractivity contribution in [3.63, 3.8) is 0 Å². The van der Waals surface area contributed by atoms with Gasteiger partial charge in [0.05, 0.1) is 19.3 Å². The summed E-state index contributed by atoms with van der Waals surface area (Å²) in [6.45, 7) is 1.68. The van der Waals surface area contributed by atoms with Gasteiger partial charge in [0.25, 0.3) is 0 Å². The fourth-order valence-corrected chi connectivity index (χ4v) is 5.29. The van der Waals surface area contributed by atoms with Gasteiger partial charge in [0.2, 0.25) is 0 Å². The fraction of sp³-hybridized carbons (Fsp3) is 0.400. The van der Waals surface area contributed by atoms with E-state index in [0.717, 1.165) is 55.9 Å². The molecule has 0 spiro atoms. The van der Waals surface area contributed by atoms with Gasteiger partial charge in [0, 0.05) is 31.0 Å². The zero-order valence-corrected chi connectivity index (χ0v) is 17.4. The number of aromatic nitrogens is 2. The van der Waals surface area contributed by atoms with Gasteiger partial charge in [-0.15, -0.1) is 0 Å². The van der Waals surface area contributed by atoms with E-state index in [-0.39, 0.29) is 0 Å². The summed E-state index contributed by atoms with van der Waals surface area (Å²) in [7, 11) is 1.67. The third kappa shape index (κ3) is 3.64. The molecule has 2 aliphatic heterocycles. The maximum atomic E-state index is 11.5. The number of fused-ring (bicyclic) bond motifs is 2. The zero-order valence-electron chi connectivity index (χ0n) is 17.4. The number of rotatable bonds is 6. The molecule has 5 rings (SSSR count). The Labute approximate surface area is 177 Å². The van der Waals surface area contributed by atoms with E-state index in [1.807, 2.05) is 36.5 Å². The molecule has 30 heavy (non-hydrogen) atoms. The number of methoxy groups -OCH3 is 1. The average molecular weight is 404 g/mol. The molecule has 5 heteroatoms. The lowest BCUT2D eigenvalue weighted by Gasteiger charge is -2.44. The van der Waals surface area contributed by atoms with Crippen molar-refractivity contribution in [2.45, 2.75) is 56.5 Å². The van der Waals surface area contributed by atoms with Crippen molar-refractivity contribution >= 4 is 0 Å². The van der Waals surface area contributed by atoms with E-state index in [2.05, 4.69) is 44.9 Å². The number of aliphatic hydroxyl groups is 1. The molecule has 2 unspecified atom stereocenters. The number of hydrogen-bond donors (Lipinski definition) is 1. The average Bonchev–Trinajstić information content (AvgIpc) is 3.31. The lowest BCUT2D eigenvalue weighted by Crippen LogP contribution is -2.49. The Kier molecular flexibility index (Phi) is 5.09. The van der Waals surface area contributed by atoms with Crippen molar-refractivity contribution in [3.8, 4) is 5.75 Å². The first-order valence-electron chi connectivity index (χ1n) is 10.8. The van der Waals surface area contributed by atoms with E-state index in [1.54, 1.807) is 7.11 Å². The Balaban J connectivity index is 1.31. The van der Waals surface area contributed by atoms with E-state index in [9.17, 15) is 5.11 Å². The molecule has 156 valence electrons. The summed E-state index contributed by atoms with van der Waals surface area (Å²) in [6, 6.07) is 19.2. The molecule has 2 aromatic carbocycles. The van der Waals surface area contributed by atoms with Gasteiger partial charge in [-0.25, -0.2) is 4.98 Å². The van der Waals surface area contributed by atoms with Crippen LogP contribution < -0.4 is 4.74 Å². The number of nitrogens with zero attached hydrogens (tertiary/aromatic N) is 3. The number of hydrogen-bond acceptors (Lipinski definition) is 4. The van der Waals surface area contributed by atoms with Gasteiger partial charge in [-0.3, -0.25) is 4.90 Å². The Bertz CT molecular complexity index is 969. The molecular weight excluding hydrogens is 374 g/mol. The van der Waals surface area contributed by atoms with Crippen LogP contribution in [-0.2, 0) is 18.7 Å². The summed E-state index contributed by atoms with van der Waals surface area (Å²) in [5.41, 5.74) is 1.53. The molecule has 2 aliphatic rings. The molecule has 0 radical (unpaired) electrons. The smallest absolute Gasteiger partial charge is 0.123 e. The van der Waals surface area contributed by atoms with Crippen LogP contribution in [0.3, 0.4) is 0 Å². The standard InChI is InChI=1S/C25H29N3O2/c1-30-23-11-7-20(8-12-23)25(29)15-21-9-10-22(16-25)28(21)18-24-26-13-14-27(24)17-19-5-3-2-4-6-19/h2-8,11-14,21-22,29H,9-10,15-18H2,1H3. The van der Waals surface area contributed by atoms with Crippen LogP contribution in [0.25, 0.3) is 0 Å². The number of imidazole rings is 1. The first kappa shape index (κ1) is 19.3. The molecule has 1 aromatic heterocycles. The highest BCUT2D eigenvalue weighted by Crippen LogP contribution is 2.46. The van der Waals surface area contributed by atoms with Crippen LogP contribution >= 0.6 is 0 Å². The van der Waals surface area contributed by atoms with Crippen LogP contribution in [0.5, 0.6) is 5.75 Å². The number of ether oxygens (including phenoxy) is 1. The maximum Gasteiger partial charge on any atom is 0.123 e. The summed E-state index contributed by atoms with van der Waals surface area (Å²) in [5, 5.41) is 11.5. The Morgan fingerprint density at radius 2 is 1.70 bits per heavy atom. The van der Waals surface area contributed by atoms with Crippen molar-refractivity contribution in [3.05, 3.63) is 83.9 Å². The molecular formula is C25H29N3O2. The molecule has 5 nitrogen and oxygen atoms in total. The van der Waals surface area contributed by atoms with E-state index < -0.39 is 5.60 Å². The minimum absolute atomic E-state index is 0.387. The minimum atomic E-state index is -0.756. The fourth-order valence-electron chi connectivity index (χ4n) is 5.29. The predicted octanol–water partition coefficient (Wildman–Crippen LogP) is 3.95. The molecule has 2 fully saturated rings. The van der Waals surface area contributed by atoms with Gasteiger partial charge in [0.1, 0.15) is 11.6 Å². The normalized spacial score (nSPS) is 26.1. The van der Waals surface area contributed by atoms with Gasteiger partial charge in [-0.2, -0.15) is 0 Å². The topological polar surface area (TPSA) is 50.5 Å². The molecule has 0 saturated carbocycles. The number of benzene rings is 2.